The van der Waals surface area contributed by atoms with Crippen LogP contribution in [0.25, 0.3) is 0 Å². The third kappa shape index (κ3) is 5.83. The third-order valence-corrected chi connectivity index (χ3v) is 3.86. The summed E-state index contributed by atoms with van der Waals surface area (Å²) in [4.78, 5) is 11.6. The maximum Gasteiger partial charge on any atom is 0.234 e. The number of rotatable bonds is 6. The summed E-state index contributed by atoms with van der Waals surface area (Å²) in [7, 11) is 0. The highest BCUT2D eigenvalue weighted by Crippen LogP contribution is 2.23. The third-order valence-electron chi connectivity index (χ3n) is 3.86. The van der Waals surface area contributed by atoms with E-state index in [9.17, 15) is 9.90 Å². The smallest absolute Gasteiger partial charge is 0.234 e. The van der Waals surface area contributed by atoms with E-state index in [-0.39, 0.29) is 18.1 Å². The molecule has 18 heavy (non-hydrogen) atoms. The van der Waals surface area contributed by atoms with Crippen LogP contribution >= 0.6 is 0 Å². The molecular formula is C14H28N2O2. The Balaban J connectivity index is 2.11. The van der Waals surface area contributed by atoms with E-state index in [1.165, 1.54) is 0 Å². The predicted molar refractivity (Wildman–Crippen MR) is 73.3 cm³/mol. The normalized spacial score (nSPS) is 26.1. The van der Waals surface area contributed by atoms with Crippen LogP contribution in [-0.4, -0.2) is 36.2 Å². The van der Waals surface area contributed by atoms with Crippen LogP contribution in [0.15, 0.2) is 0 Å². The Hall–Kier alpha value is -0.610. The summed E-state index contributed by atoms with van der Waals surface area (Å²) >= 11 is 0. The van der Waals surface area contributed by atoms with Crippen molar-refractivity contribution in [1.82, 2.24) is 10.6 Å². The van der Waals surface area contributed by atoms with Gasteiger partial charge >= 0.3 is 0 Å². The van der Waals surface area contributed by atoms with Gasteiger partial charge in [-0.3, -0.25) is 4.79 Å². The van der Waals surface area contributed by atoms with Crippen molar-refractivity contribution < 1.29 is 9.90 Å². The van der Waals surface area contributed by atoms with Gasteiger partial charge in [0.1, 0.15) is 0 Å². The summed E-state index contributed by atoms with van der Waals surface area (Å²) in [5.74, 6) is 1.04. The molecule has 0 heterocycles. The summed E-state index contributed by atoms with van der Waals surface area (Å²) in [6, 6.07) is 0.218. The molecule has 1 amide bonds. The van der Waals surface area contributed by atoms with E-state index in [0.29, 0.717) is 18.4 Å². The number of hydrogen-bond donors (Lipinski definition) is 3. The Bertz CT molecular complexity index is 256. The minimum Gasteiger partial charge on any atom is -0.393 e. The van der Waals surface area contributed by atoms with Crippen molar-refractivity contribution in [3.05, 3.63) is 0 Å². The average Bonchev–Trinajstić information content (AvgIpc) is 2.28. The maximum absolute atomic E-state index is 11.6. The van der Waals surface area contributed by atoms with Gasteiger partial charge in [-0.2, -0.15) is 0 Å². The predicted octanol–water partition coefficient (Wildman–Crippen LogP) is 1.29. The fourth-order valence-corrected chi connectivity index (χ4v) is 2.31. The zero-order valence-electron chi connectivity index (χ0n) is 11.9. The molecule has 0 aromatic rings. The number of amides is 1. The van der Waals surface area contributed by atoms with Crippen LogP contribution in [0.5, 0.6) is 0 Å². The second-order valence-corrected chi connectivity index (χ2v) is 5.92. The minimum atomic E-state index is -0.139. The molecule has 0 radical (unpaired) electrons. The number of hydrogen-bond acceptors (Lipinski definition) is 3. The Morgan fingerprint density at radius 3 is 2.67 bits per heavy atom. The van der Waals surface area contributed by atoms with Crippen molar-refractivity contribution in [3.63, 3.8) is 0 Å². The van der Waals surface area contributed by atoms with E-state index < -0.39 is 0 Å². The lowest BCUT2D eigenvalue weighted by atomic mass is 9.87. The van der Waals surface area contributed by atoms with Crippen molar-refractivity contribution in [2.75, 3.05) is 13.1 Å². The molecule has 0 bridgehead atoms. The van der Waals surface area contributed by atoms with Crippen LogP contribution < -0.4 is 10.6 Å². The Morgan fingerprint density at radius 2 is 2.06 bits per heavy atom. The molecule has 4 heteroatoms. The fraction of sp³-hybridized carbons (Fsp3) is 0.929. The first-order valence-corrected chi connectivity index (χ1v) is 7.17. The van der Waals surface area contributed by atoms with Crippen LogP contribution in [0.1, 0.15) is 46.5 Å². The first-order valence-electron chi connectivity index (χ1n) is 7.17. The van der Waals surface area contributed by atoms with E-state index in [1.807, 2.05) is 6.92 Å². The van der Waals surface area contributed by atoms with Crippen LogP contribution in [0.3, 0.4) is 0 Å². The highest BCUT2D eigenvalue weighted by Gasteiger charge is 2.20. The SMILES string of the molecule is CC(C)C(C)NC(=O)CNCC1CCCC(O)C1. The molecule has 1 aliphatic carbocycles. The second kappa shape index (κ2) is 7.74. The lowest BCUT2D eigenvalue weighted by Crippen LogP contribution is -2.42. The van der Waals surface area contributed by atoms with Crippen LogP contribution in [0.2, 0.25) is 0 Å². The van der Waals surface area contributed by atoms with Crippen LogP contribution in [-0.2, 0) is 4.79 Å². The molecule has 0 aliphatic heterocycles. The first kappa shape index (κ1) is 15.4. The topological polar surface area (TPSA) is 61.4 Å². The maximum atomic E-state index is 11.6. The van der Waals surface area contributed by atoms with Crippen molar-refractivity contribution in [2.45, 2.75) is 58.6 Å². The van der Waals surface area contributed by atoms with Gasteiger partial charge in [0.25, 0.3) is 0 Å². The molecule has 1 rings (SSSR count). The summed E-state index contributed by atoms with van der Waals surface area (Å²) in [5.41, 5.74) is 0. The van der Waals surface area contributed by atoms with Gasteiger partial charge < -0.3 is 15.7 Å². The molecule has 3 unspecified atom stereocenters. The summed E-state index contributed by atoms with van der Waals surface area (Å²) in [6.07, 6.45) is 3.93. The number of aliphatic hydroxyl groups excluding tert-OH is 1. The largest absolute Gasteiger partial charge is 0.393 e. The lowest BCUT2D eigenvalue weighted by molar-refractivity contribution is -0.121. The molecule has 1 aliphatic rings. The minimum absolute atomic E-state index is 0.0626. The van der Waals surface area contributed by atoms with Gasteiger partial charge in [0.05, 0.1) is 12.6 Å². The van der Waals surface area contributed by atoms with Gasteiger partial charge in [0, 0.05) is 6.04 Å². The highest BCUT2D eigenvalue weighted by molar-refractivity contribution is 5.78. The number of carbonyl (C=O) groups is 1. The van der Waals surface area contributed by atoms with Crippen molar-refractivity contribution in [1.29, 1.82) is 0 Å². The van der Waals surface area contributed by atoms with Crippen LogP contribution in [0.4, 0.5) is 0 Å². The number of carbonyl (C=O) groups excluding carboxylic acids is 1. The molecule has 1 fully saturated rings. The Kier molecular flexibility index (Phi) is 6.65. The summed E-state index contributed by atoms with van der Waals surface area (Å²) in [5, 5.41) is 15.7. The van der Waals surface area contributed by atoms with Gasteiger partial charge in [0.2, 0.25) is 5.91 Å². The van der Waals surface area contributed by atoms with E-state index in [1.54, 1.807) is 0 Å². The van der Waals surface area contributed by atoms with E-state index in [2.05, 4.69) is 24.5 Å². The number of nitrogens with one attached hydrogen (secondary N) is 2. The Morgan fingerprint density at radius 1 is 1.33 bits per heavy atom. The van der Waals surface area contributed by atoms with Gasteiger partial charge in [-0.05, 0) is 44.6 Å². The standard InChI is InChI=1S/C14H28N2O2/c1-10(2)11(3)16-14(18)9-15-8-12-5-4-6-13(17)7-12/h10-13,15,17H,4-9H2,1-3H3,(H,16,18). The molecule has 0 aromatic carbocycles. The Labute approximate surface area is 111 Å². The zero-order valence-corrected chi connectivity index (χ0v) is 11.9. The van der Waals surface area contributed by atoms with E-state index in [4.69, 9.17) is 0 Å². The van der Waals surface area contributed by atoms with Crippen LogP contribution in [0, 0.1) is 11.8 Å². The second-order valence-electron chi connectivity index (χ2n) is 5.92. The fourth-order valence-electron chi connectivity index (χ4n) is 2.31. The lowest BCUT2D eigenvalue weighted by Gasteiger charge is -2.26. The van der Waals surface area contributed by atoms with E-state index >= 15 is 0 Å². The first-order chi connectivity index (χ1) is 8.49. The molecule has 0 aromatic heterocycles. The molecule has 1 saturated carbocycles. The summed E-state index contributed by atoms with van der Waals surface area (Å²) in [6.45, 7) is 7.44. The summed E-state index contributed by atoms with van der Waals surface area (Å²) < 4.78 is 0. The number of aliphatic hydroxyl groups is 1. The van der Waals surface area contributed by atoms with Gasteiger partial charge in [-0.1, -0.05) is 20.3 Å². The molecule has 0 spiro atoms. The van der Waals surface area contributed by atoms with Gasteiger partial charge in [-0.15, -0.1) is 0 Å². The molecular weight excluding hydrogens is 228 g/mol. The van der Waals surface area contributed by atoms with E-state index in [0.717, 1.165) is 32.2 Å². The molecule has 3 atom stereocenters. The molecule has 106 valence electrons. The molecule has 4 nitrogen and oxygen atoms in total. The molecule has 3 N–H and O–H groups in total. The molecule has 0 saturated heterocycles. The monoisotopic (exact) mass is 256 g/mol. The average molecular weight is 256 g/mol. The van der Waals surface area contributed by atoms with Crippen molar-refractivity contribution in [3.8, 4) is 0 Å². The quantitative estimate of drug-likeness (QED) is 0.671. The van der Waals surface area contributed by atoms with Gasteiger partial charge in [0.15, 0.2) is 0 Å². The highest BCUT2D eigenvalue weighted by atomic mass is 16.3. The van der Waals surface area contributed by atoms with Gasteiger partial charge in [-0.25, -0.2) is 0 Å². The van der Waals surface area contributed by atoms with Crippen molar-refractivity contribution in [2.24, 2.45) is 11.8 Å². The van der Waals surface area contributed by atoms with Crippen molar-refractivity contribution >= 4 is 5.91 Å². The zero-order chi connectivity index (χ0) is 13.5.